The van der Waals surface area contributed by atoms with Crippen LogP contribution >= 0.6 is 22.9 Å². The van der Waals surface area contributed by atoms with E-state index in [4.69, 9.17) is 16.7 Å². The van der Waals surface area contributed by atoms with Gasteiger partial charge in [0.2, 0.25) is 0 Å². The molecule has 0 unspecified atom stereocenters. The molecule has 0 saturated carbocycles. The van der Waals surface area contributed by atoms with Crippen LogP contribution in [0.2, 0.25) is 5.02 Å². The first kappa shape index (κ1) is 12.5. The molecule has 3 aromatic rings. The third-order valence-electron chi connectivity index (χ3n) is 2.82. The lowest BCUT2D eigenvalue weighted by Gasteiger charge is -2.02. The van der Waals surface area contributed by atoms with Gasteiger partial charge in [-0.3, -0.25) is 0 Å². The van der Waals surface area contributed by atoms with E-state index >= 15 is 0 Å². The normalized spacial score (nSPS) is 11.1. The number of aliphatic hydroxyl groups excluding tert-OH is 1. The van der Waals surface area contributed by atoms with Crippen LogP contribution in [0, 0.1) is 5.82 Å². The molecule has 0 fully saturated rings. The van der Waals surface area contributed by atoms with E-state index < -0.39 is 0 Å². The number of hydrogen-bond donors (Lipinski definition) is 1. The van der Waals surface area contributed by atoms with Crippen LogP contribution in [0.25, 0.3) is 20.8 Å². The summed E-state index contributed by atoms with van der Waals surface area (Å²) in [4.78, 5) is 4.45. The Morgan fingerprint density at radius 3 is 2.79 bits per heavy atom. The second-order valence-electron chi connectivity index (χ2n) is 4.10. The molecule has 0 atom stereocenters. The van der Waals surface area contributed by atoms with Gasteiger partial charge in [-0.1, -0.05) is 23.7 Å². The minimum atomic E-state index is -0.267. The fraction of sp³-hybridized carbons (Fsp3) is 0.0714. The van der Waals surface area contributed by atoms with Gasteiger partial charge in [-0.2, -0.15) is 0 Å². The van der Waals surface area contributed by atoms with E-state index in [-0.39, 0.29) is 12.4 Å². The molecule has 0 saturated heterocycles. The van der Waals surface area contributed by atoms with Crippen molar-refractivity contribution >= 4 is 33.2 Å². The highest BCUT2D eigenvalue weighted by Crippen LogP contribution is 2.32. The zero-order chi connectivity index (χ0) is 13.4. The van der Waals surface area contributed by atoms with Crippen LogP contribution < -0.4 is 0 Å². The van der Waals surface area contributed by atoms with Crippen molar-refractivity contribution in [3.63, 3.8) is 0 Å². The van der Waals surface area contributed by atoms with Crippen molar-refractivity contribution < 1.29 is 9.50 Å². The molecule has 3 rings (SSSR count). The number of halogens is 2. The Morgan fingerprint density at radius 2 is 2.05 bits per heavy atom. The van der Waals surface area contributed by atoms with E-state index in [1.807, 2.05) is 6.07 Å². The van der Waals surface area contributed by atoms with Gasteiger partial charge in [0.15, 0.2) is 0 Å². The highest BCUT2D eigenvalue weighted by Gasteiger charge is 2.09. The number of nitrogens with zero attached hydrogens (tertiary/aromatic N) is 1. The molecule has 19 heavy (non-hydrogen) atoms. The van der Waals surface area contributed by atoms with Crippen molar-refractivity contribution in [2.45, 2.75) is 6.61 Å². The van der Waals surface area contributed by atoms with Crippen LogP contribution in [0.5, 0.6) is 0 Å². The number of benzene rings is 2. The van der Waals surface area contributed by atoms with Gasteiger partial charge < -0.3 is 5.11 Å². The van der Waals surface area contributed by atoms with Crippen LogP contribution in [-0.2, 0) is 6.61 Å². The lowest BCUT2D eigenvalue weighted by Crippen LogP contribution is -1.85. The standard InChI is InChI=1S/C14H9ClFNOS/c15-11-5-8(1-2-9(11)7-18)14-17-12-4-3-10(16)6-13(12)19-14/h1-6,18H,7H2. The van der Waals surface area contributed by atoms with Crippen molar-refractivity contribution in [1.29, 1.82) is 0 Å². The summed E-state index contributed by atoms with van der Waals surface area (Å²) >= 11 is 7.47. The lowest BCUT2D eigenvalue weighted by molar-refractivity contribution is 0.282. The van der Waals surface area contributed by atoms with Crippen molar-refractivity contribution in [3.05, 3.63) is 52.8 Å². The molecule has 0 spiro atoms. The predicted octanol–water partition coefficient (Wildman–Crippen LogP) is 4.25. The molecule has 1 N–H and O–H groups in total. The van der Waals surface area contributed by atoms with Crippen molar-refractivity contribution in [2.24, 2.45) is 0 Å². The molecule has 0 radical (unpaired) electrons. The Labute approximate surface area is 118 Å². The summed E-state index contributed by atoms with van der Waals surface area (Å²) in [5.74, 6) is -0.267. The van der Waals surface area contributed by atoms with Crippen LogP contribution in [0.15, 0.2) is 36.4 Å². The van der Waals surface area contributed by atoms with Crippen LogP contribution in [0.3, 0.4) is 0 Å². The lowest BCUT2D eigenvalue weighted by atomic mass is 10.1. The Kier molecular flexibility index (Phi) is 3.22. The van der Waals surface area contributed by atoms with Crippen LogP contribution in [0.4, 0.5) is 4.39 Å². The third kappa shape index (κ3) is 2.34. The summed E-state index contributed by atoms with van der Waals surface area (Å²) in [6, 6.07) is 9.92. The first-order chi connectivity index (χ1) is 9.17. The molecule has 2 nitrogen and oxygen atoms in total. The molecule has 0 aliphatic heterocycles. The summed E-state index contributed by atoms with van der Waals surface area (Å²) in [6.45, 7) is -0.0931. The van der Waals surface area contributed by atoms with E-state index in [2.05, 4.69) is 4.98 Å². The van der Waals surface area contributed by atoms with Gasteiger partial charge in [0.1, 0.15) is 10.8 Å². The highest BCUT2D eigenvalue weighted by molar-refractivity contribution is 7.21. The second-order valence-corrected chi connectivity index (χ2v) is 5.53. The quantitative estimate of drug-likeness (QED) is 0.766. The minimum Gasteiger partial charge on any atom is -0.392 e. The molecule has 2 aromatic carbocycles. The van der Waals surface area contributed by atoms with Crippen LogP contribution in [0.1, 0.15) is 5.56 Å². The summed E-state index contributed by atoms with van der Waals surface area (Å²) in [6.07, 6.45) is 0. The molecule has 0 bridgehead atoms. The van der Waals surface area contributed by atoms with Crippen molar-refractivity contribution in [2.75, 3.05) is 0 Å². The van der Waals surface area contributed by atoms with E-state index in [0.717, 1.165) is 20.8 Å². The molecule has 0 aliphatic rings. The van der Waals surface area contributed by atoms with Gasteiger partial charge in [-0.05, 0) is 29.8 Å². The topological polar surface area (TPSA) is 33.1 Å². The molecular formula is C14H9ClFNOS. The number of rotatable bonds is 2. The monoisotopic (exact) mass is 293 g/mol. The van der Waals surface area contributed by atoms with Gasteiger partial charge in [0, 0.05) is 10.6 Å². The Morgan fingerprint density at radius 1 is 1.21 bits per heavy atom. The van der Waals surface area contributed by atoms with E-state index in [1.165, 1.54) is 23.5 Å². The summed E-state index contributed by atoms with van der Waals surface area (Å²) in [5, 5.41) is 10.4. The molecule has 5 heteroatoms. The number of thiazole rings is 1. The fourth-order valence-corrected chi connectivity index (χ4v) is 3.06. The number of hydrogen-bond acceptors (Lipinski definition) is 3. The number of fused-ring (bicyclic) bond motifs is 1. The van der Waals surface area contributed by atoms with Gasteiger partial charge in [0.25, 0.3) is 0 Å². The zero-order valence-electron chi connectivity index (χ0n) is 9.73. The van der Waals surface area contributed by atoms with Crippen molar-refractivity contribution in [3.8, 4) is 10.6 Å². The zero-order valence-corrected chi connectivity index (χ0v) is 11.3. The molecule has 96 valence electrons. The maximum absolute atomic E-state index is 13.1. The van der Waals surface area contributed by atoms with Crippen molar-refractivity contribution in [1.82, 2.24) is 4.98 Å². The maximum atomic E-state index is 13.1. The minimum absolute atomic E-state index is 0.0931. The molecule has 1 heterocycles. The fourth-order valence-electron chi connectivity index (χ4n) is 1.83. The molecule has 0 amide bonds. The average Bonchev–Trinajstić information content (AvgIpc) is 2.81. The Bertz CT molecular complexity index is 756. The average molecular weight is 294 g/mol. The number of aromatic nitrogens is 1. The van der Waals surface area contributed by atoms with Crippen LogP contribution in [-0.4, -0.2) is 10.1 Å². The SMILES string of the molecule is OCc1ccc(-c2nc3ccc(F)cc3s2)cc1Cl. The van der Waals surface area contributed by atoms with Gasteiger partial charge in [-0.15, -0.1) is 11.3 Å². The largest absolute Gasteiger partial charge is 0.392 e. The maximum Gasteiger partial charge on any atom is 0.124 e. The van der Waals surface area contributed by atoms with Gasteiger partial charge >= 0.3 is 0 Å². The Hall–Kier alpha value is -1.49. The Balaban J connectivity index is 2.11. The molecular weight excluding hydrogens is 285 g/mol. The molecule has 1 aromatic heterocycles. The van der Waals surface area contributed by atoms with E-state index in [9.17, 15) is 4.39 Å². The summed E-state index contributed by atoms with van der Waals surface area (Å²) in [7, 11) is 0. The van der Waals surface area contributed by atoms with Gasteiger partial charge in [0.05, 0.1) is 16.8 Å². The number of aliphatic hydroxyl groups is 1. The summed E-state index contributed by atoms with van der Waals surface area (Å²) in [5.41, 5.74) is 2.31. The van der Waals surface area contributed by atoms with E-state index in [0.29, 0.717) is 10.6 Å². The molecule has 0 aliphatic carbocycles. The highest BCUT2D eigenvalue weighted by atomic mass is 35.5. The first-order valence-electron chi connectivity index (χ1n) is 5.63. The second kappa shape index (κ2) is 4.89. The van der Waals surface area contributed by atoms with Gasteiger partial charge in [-0.25, -0.2) is 9.37 Å². The summed E-state index contributed by atoms with van der Waals surface area (Å²) < 4.78 is 13.9. The van der Waals surface area contributed by atoms with E-state index in [1.54, 1.807) is 18.2 Å². The predicted molar refractivity (Wildman–Crippen MR) is 75.9 cm³/mol. The first-order valence-corrected chi connectivity index (χ1v) is 6.82. The smallest absolute Gasteiger partial charge is 0.124 e. The third-order valence-corrected chi connectivity index (χ3v) is 4.24.